The highest BCUT2D eigenvalue weighted by Crippen LogP contribution is 2.24. The molecule has 1 aromatic heterocycles. The number of rotatable bonds is 52. The van der Waals surface area contributed by atoms with E-state index in [1.807, 2.05) is 0 Å². The molecule has 4 aliphatic rings. The minimum Gasteiger partial charge on any atom is -0.494 e. The summed E-state index contributed by atoms with van der Waals surface area (Å²) in [7, 11) is 0. The molecule has 0 bridgehead atoms. The number of fused-ring (bicyclic) bond motifs is 1. The molecule has 18 N–H and O–H groups in total. The number of hydrogen-bond donors (Lipinski definition) is 16. The zero-order chi connectivity index (χ0) is 96.2. The first-order valence-electron chi connectivity index (χ1n) is 44.7. The van der Waals surface area contributed by atoms with Crippen molar-refractivity contribution in [3.8, 4) is 5.75 Å². The Balaban J connectivity index is 0.818. The largest absolute Gasteiger partial charge is 0.494 e. The minimum atomic E-state index is -1.67. The molecule has 732 valence electrons. The average Bonchev–Trinajstić information content (AvgIpc) is 0.883. The quantitative estimate of drug-likeness (QED) is 0.0109. The highest BCUT2D eigenvalue weighted by Gasteiger charge is 2.36. The second-order valence-electron chi connectivity index (χ2n) is 32.1. The van der Waals surface area contributed by atoms with E-state index >= 15 is 0 Å². The molecular weight excluding hydrogens is 1740 g/mol. The van der Waals surface area contributed by atoms with E-state index in [0.29, 0.717) is 86.4 Å². The number of nitrogens with two attached hydrogens (primary N) is 2. The first-order chi connectivity index (χ1) is 64.0. The third kappa shape index (κ3) is 42.3. The lowest BCUT2D eigenvalue weighted by atomic mass is 10.0. The van der Waals surface area contributed by atoms with E-state index < -0.39 is 139 Å². The van der Waals surface area contributed by atoms with Gasteiger partial charge in [-0.1, -0.05) is 30.3 Å². The number of aliphatic carboxylic acids is 4. The topological polar surface area (TPSA) is 625 Å². The van der Waals surface area contributed by atoms with Crippen molar-refractivity contribution in [1.82, 2.24) is 92.5 Å². The van der Waals surface area contributed by atoms with Gasteiger partial charge in [-0.05, 0) is 81.2 Å². The predicted octanol–water partition coefficient (Wildman–Crippen LogP) is -5.31. The lowest BCUT2D eigenvalue weighted by Crippen LogP contribution is -2.58. The van der Waals surface area contributed by atoms with Crippen molar-refractivity contribution >= 4 is 112 Å². The van der Waals surface area contributed by atoms with Gasteiger partial charge >= 0.3 is 30.0 Å². The van der Waals surface area contributed by atoms with E-state index in [2.05, 4.69) is 72.9 Å². The summed E-state index contributed by atoms with van der Waals surface area (Å²) in [6.45, 7) is 10.8. The van der Waals surface area contributed by atoms with Crippen molar-refractivity contribution in [2.75, 3.05) is 217 Å². The van der Waals surface area contributed by atoms with Crippen LogP contribution in [-0.4, -0.2) is 413 Å². The molecule has 5 heterocycles. The number of carbonyl (C=O) groups excluding carboxylic acids is 12. The van der Waals surface area contributed by atoms with Gasteiger partial charge in [0.25, 0.3) is 5.91 Å². The summed E-state index contributed by atoms with van der Waals surface area (Å²) in [5, 5.41) is 65.5. The highest BCUT2D eigenvalue weighted by atomic mass is 16.5. The second-order valence-corrected chi connectivity index (χ2v) is 32.1. The molecular formula is C86H128N22O25. The van der Waals surface area contributed by atoms with Crippen molar-refractivity contribution in [3.63, 3.8) is 0 Å². The molecule has 0 aliphatic carbocycles. The number of aromatic nitrogens is 1. The molecule has 133 heavy (non-hydrogen) atoms. The van der Waals surface area contributed by atoms with Crippen LogP contribution in [0.3, 0.4) is 0 Å². The number of amides is 12. The summed E-state index contributed by atoms with van der Waals surface area (Å²) in [6, 6.07) is 8.47. The molecule has 0 radical (unpaired) electrons. The fourth-order valence-corrected chi connectivity index (χ4v) is 14.9. The van der Waals surface area contributed by atoms with Gasteiger partial charge in [0.05, 0.1) is 123 Å². The van der Waals surface area contributed by atoms with Gasteiger partial charge in [0.15, 0.2) is 5.96 Å². The highest BCUT2D eigenvalue weighted by molar-refractivity contribution is 6.07. The van der Waals surface area contributed by atoms with Crippen LogP contribution in [0, 0.1) is 6.57 Å². The summed E-state index contributed by atoms with van der Waals surface area (Å²) in [5.41, 5.74) is 12.5. The van der Waals surface area contributed by atoms with E-state index in [9.17, 15) is 97.1 Å². The number of nitrogens with one attached hydrogen (secondary N) is 10. The Labute approximate surface area is 770 Å². The fraction of sp³-hybridized carbons (Fsp3) is 0.616. The van der Waals surface area contributed by atoms with Crippen molar-refractivity contribution in [1.29, 1.82) is 0 Å². The number of piperazine rings is 1. The molecule has 47 heteroatoms. The van der Waals surface area contributed by atoms with Gasteiger partial charge in [-0.3, -0.25) is 121 Å². The van der Waals surface area contributed by atoms with Crippen LogP contribution in [0.15, 0.2) is 65.8 Å². The van der Waals surface area contributed by atoms with Gasteiger partial charge in [-0.15, -0.1) is 0 Å². The standard InChI is InChI=1S/C86H128N22O25/c1-89-69-14-8-28-108(69)75(114)54-96-80(123)61-19-24-90-63-16-15-60(51-62(61)63)133-41-9-27-102-37-39-107(40-38-102)74(113)21-43-130-47-49-132-45-26-93-81(124)66(97-73(112)55-103-29-31-104(56-77(117)118)33-35-106(58-79(121)122)36-34-105(32-30-103)57-78(119)120)17-18-70(109)92-25-44-131-48-46-129-42-20-71(110)91-22-6-5-12-65-83(126)99-64(13-7-23-94-86(87)88)82(125)95-53-72(111)98-68(52-76(115)116)85(128)101-67(84(127)100-65)50-59-10-3-2-4-11-59/h2-4,10-11,15-16,19,24,51,64-69H,5-9,12-14,17-18,20-23,25-50,52-58H2,(H,91,110)(H,92,109)(H,93,124)(H,95,125)(H,96,123)(H,97,112)(H,98,111)(H,99,126)(H,100,127)(H,101,128)(H,115,116)(H,117,118)(H,119,120)(H,121,122)(H4,87,88,94)/t64-,65-,66?,67+,68-,69-/m0/s1. The monoisotopic (exact) mass is 1870 g/mol. The number of pyridine rings is 1. The van der Waals surface area contributed by atoms with E-state index in [0.717, 1.165) is 13.0 Å². The number of hydrogen-bond acceptors (Lipinski definition) is 28. The van der Waals surface area contributed by atoms with Gasteiger partial charge in [-0.25, -0.2) is 6.57 Å². The number of carbonyl (C=O) groups is 16. The second kappa shape index (κ2) is 59.9. The van der Waals surface area contributed by atoms with Crippen LogP contribution >= 0.6 is 0 Å². The van der Waals surface area contributed by atoms with E-state index in [1.165, 1.54) is 11.1 Å². The molecule has 2 aromatic carbocycles. The van der Waals surface area contributed by atoms with Crippen LogP contribution < -0.4 is 69.4 Å². The molecule has 4 aliphatic heterocycles. The zero-order valence-electron chi connectivity index (χ0n) is 75.0. The maximum atomic E-state index is 14.2. The lowest BCUT2D eigenvalue weighted by Gasteiger charge is -2.34. The Kier molecular flexibility index (Phi) is 48.4. The smallest absolute Gasteiger partial charge is 0.317 e. The third-order valence-corrected chi connectivity index (χ3v) is 22.0. The molecule has 12 amide bonds. The van der Waals surface area contributed by atoms with Crippen LogP contribution in [0.5, 0.6) is 5.75 Å². The molecule has 7 rings (SSSR count). The van der Waals surface area contributed by atoms with E-state index in [4.69, 9.17) is 41.7 Å². The Bertz CT molecular complexity index is 4370. The number of nitrogens with zero attached hydrogens (tertiary/aromatic N) is 10. The molecule has 4 saturated heterocycles. The summed E-state index contributed by atoms with van der Waals surface area (Å²) in [6.07, 6.45) is 2.44. The van der Waals surface area contributed by atoms with Crippen LogP contribution in [-0.2, 0) is 97.3 Å². The van der Waals surface area contributed by atoms with Gasteiger partial charge in [0.2, 0.25) is 65.0 Å². The van der Waals surface area contributed by atoms with E-state index in [1.54, 1.807) is 79.1 Å². The molecule has 6 atom stereocenters. The first-order valence-corrected chi connectivity index (χ1v) is 44.7. The summed E-state index contributed by atoms with van der Waals surface area (Å²) < 4.78 is 28.7. The number of benzene rings is 2. The third-order valence-electron chi connectivity index (χ3n) is 22.0. The van der Waals surface area contributed by atoms with Gasteiger partial charge in [0, 0.05) is 155 Å². The number of ether oxygens (including phenoxy) is 5. The average molecular weight is 1870 g/mol. The van der Waals surface area contributed by atoms with Gasteiger partial charge in [-0.2, -0.15) is 0 Å². The van der Waals surface area contributed by atoms with Crippen LogP contribution in [0.25, 0.3) is 15.7 Å². The number of likely N-dealkylation sites (tertiary alicyclic amines) is 1. The molecule has 0 saturated carbocycles. The van der Waals surface area contributed by atoms with E-state index in [-0.39, 0.29) is 232 Å². The number of carboxylic acids is 4. The Morgan fingerprint density at radius 2 is 1.09 bits per heavy atom. The van der Waals surface area contributed by atoms with Gasteiger partial charge < -0.3 is 114 Å². The normalized spacial score (nSPS) is 18.8. The van der Waals surface area contributed by atoms with Crippen LogP contribution in [0.1, 0.15) is 99.4 Å². The maximum Gasteiger partial charge on any atom is 0.317 e. The predicted molar refractivity (Wildman–Crippen MR) is 477 cm³/mol. The Hall–Kier alpha value is -12.4. The summed E-state index contributed by atoms with van der Waals surface area (Å²) >= 11 is 0. The SMILES string of the molecule is [C-]#[N+][C@@H]1CCCN1C(=O)CNC(=O)c1ccnc2ccc(OCCCN3CCN(C(=O)CCOCCOCCNC(=O)C(CCC(=O)NCCOCCOCCC(=O)NCCCC[C@@H]4NC(=O)[C@@H](Cc5ccccc5)NC(=O)[C@H](CC(=O)O)NC(=O)CNC(=O)[C@H](CCCN=C(N)N)NC4=O)NC(=O)CN4CCN(CC(=O)O)CCN(CC(=O)O)CCN(CC(=O)O)CC4)CC3)cc12. The molecule has 1 unspecified atom stereocenters. The van der Waals surface area contributed by atoms with Crippen LogP contribution in [0.2, 0.25) is 0 Å². The number of guanidine groups is 1. The fourth-order valence-electron chi connectivity index (χ4n) is 14.9. The first kappa shape index (κ1) is 108. The minimum absolute atomic E-state index is 0.000549. The maximum absolute atomic E-state index is 14.2. The zero-order valence-corrected chi connectivity index (χ0v) is 75.0. The Morgan fingerprint density at radius 1 is 0.534 bits per heavy atom. The Morgan fingerprint density at radius 3 is 1.71 bits per heavy atom. The van der Waals surface area contributed by atoms with Crippen LogP contribution in [0.4, 0.5) is 0 Å². The van der Waals surface area contributed by atoms with Crippen molar-refractivity contribution < 1.29 is 121 Å². The molecule has 0 spiro atoms. The molecule has 47 nitrogen and oxygen atoms in total. The summed E-state index contributed by atoms with van der Waals surface area (Å²) in [5.74, 6) is -11.8. The summed E-state index contributed by atoms with van der Waals surface area (Å²) in [4.78, 5) is 233. The van der Waals surface area contributed by atoms with Crippen molar-refractivity contribution in [2.45, 2.75) is 126 Å². The molecule has 3 aromatic rings. The number of carboxylic acid groups (broad SMARTS) is 4. The molecule has 4 fully saturated rings. The van der Waals surface area contributed by atoms with Crippen molar-refractivity contribution in [3.05, 3.63) is 83.3 Å². The number of unbranched alkanes of at least 4 members (excludes halogenated alkanes) is 1. The number of aliphatic imine (C=N–C) groups is 1. The van der Waals surface area contributed by atoms with Crippen molar-refractivity contribution in [2.24, 2.45) is 16.5 Å². The van der Waals surface area contributed by atoms with Gasteiger partial charge in [0.1, 0.15) is 36.0 Å². The lowest BCUT2D eigenvalue weighted by molar-refractivity contribution is -0.141.